The summed E-state index contributed by atoms with van der Waals surface area (Å²) in [6.45, 7) is 0.839. The van der Waals surface area contributed by atoms with Gasteiger partial charge in [-0.05, 0) is 5.56 Å². The van der Waals surface area contributed by atoms with Crippen molar-refractivity contribution >= 4 is 6.09 Å². The first-order valence-corrected chi connectivity index (χ1v) is 6.13. The van der Waals surface area contributed by atoms with Gasteiger partial charge in [-0.3, -0.25) is 0 Å². The zero-order chi connectivity index (χ0) is 13.7. The minimum absolute atomic E-state index is 0.231. The van der Waals surface area contributed by atoms with Gasteiger partial charge in [0.1, 0.15) is 6.61 Å². The normalized spacial score (nSPS) is 22.5. The zero-order valence-electron chi connectivity index (χ0n) is 10.8. The first kappa shape index (κ1) is 13.8. The van der Waals surface area contributed by atoms with E-state index in [-0.39, 0.29) is 19.2 Å². The monoisotopic (exact) mass is 266 g/mol. The second kappa shape index (κ2) is 6.51. The molecule has 0 radical (unpaired) electrons. The van der Waals surface area contributed by atoms with Crippen LogP contribution in [0.5, 0.6) is 0 Å². The summed E-state index contributed by atoms with van der Waals surface area (Å²) >= 11 is 0. The molecule has 1 aromatic rings. The SMILES string of the molecule is CON[C@@H]1CN(C(=O)OCc2ccccc2)C[C@@H]1O. The highest BCUT2D eigenvalue weighted by Gasteiger charge is 2.34. The molecule has 1 amide bonds. The van der Waals surface area contributed by atoms with Crippen molar-refractivity contribution in [1.29, 1.82) is 0 Å². The molecule has 2 atom stereocenters. The fourth-order valence-electron chi connectivity index (χ4n) is 2.01. The second-order valence-electron chi connectivity index (χ2n) is 4.44. The lowest BCUT2D eigenvalue weighted by Crippen LogP contribution is -2.38. The molecule has 104 valence electrons. The van der Waals surface area contributed by atoms with Crippen LogP contribution in [0.15, 0.2) is 30.3 Å². The summed E-state index contributed by atoms with van der Waals surface area (Å²) in [6.07, 6.45) is -1.08. The van der Waals surface area contributed by atoms with Crippen LogP contribution in [0.4, 0.5) is 4.79 Å². The summed E-state index contributed by atoms with van der Waals surface area (Å²) in [5.74, 6) is 0. The number of aliphatic hydroxyl groups excluding tert-OH is 1. The number of rotatable bonds is 4. The van der Waals surface area contributed by atoms with Gasteiger partial charge in [-0.25, -0.2) is 4.79 Å². The lowest BCUT2D eigenvalue weighted by molar-refractivity contribution is 0.0259. The summed E-state index contributed by atoms with van der Waals surface area (Å²) in [5, 5.41) is 9.73. The van der Waals surface area contributed by atoms with Crippen LogP contribution >= 0.6 is 0 Å². The summed E-state index contributed by atoms with van der Waals surface area (Å²) in [4.78, 5) is 18.1. The average Bonchev–Trinajstić information content (AvgIpc) is 2.79. The number of nitrogens with zero attached hydrogens (tertiary/aromatic N) is 1. The predicted octanol–water partition coefficient (Wildman–Crippen LogP) is 0.519. The number of β-amino-alcohol motifs (C(OH)–C–C–N with tert-alkyl or cyclic N) is 1. The van der Waals surface area contributed by atoms with Crippen molar-refractivity contribution in [3.8, 4) is 0 Å². The van der Waals surface area contributed by atoms with E-state index in [1.807, 2.05) is 30.3 Å². The van der Waals surface area contributed by atoms with Crippen molar-refractivity contribution < 1.29 is 19.5 Å². The average molecular weight is 266 g/mol. The third-order valence-corrected chi connectivity index (χ3v) is 3.02. The van der Waals surface area contributed by atoms with Crippen LogP contribution in [0, 0.1) is 0 Å². The van der Waals surface area contributed by atoms with E-state index in [1.165, 1.54) is 12.0 Å². The predicted molar refractivity (Wildman–Crippen MR) is 68.1 cm³/mol. The Kier molecular flexibility index (Phi) is 4.73. The van der Waals surface area contributed by atoms with E-state index >= 15 is 0 Å². The number of likely N-dealkylation sites (tertiary alicyclic amines) is 1. The van der Waals surface area contributed by atoms with Gasteiger partial charge in [0.05, 0.1) is 25.8 Å². The number of carbonyl (C=O) groups is 1. The van der Waals surface area contributed by atoms with Gasteiger partial charge in [-0.15, -0.1) is 0 Å². The molecule has 0 unspecified atom stereocenters. The highest BCUT2D eigenvalue weighted by atomic mass is 16.6. The van der Waals surface area contributed by atoms with Gasteiger partial charge < -0.3 is 19.6 Å². The Morgan fingerprint density at radius 2 is 2.16 bits per heavy atom. The largest absolute Gasteiger partial charge is 0.445 e. The van der Waals surface area contributed by atoms with Gasteiger partial charge >= 0.3 is 6.09 Å². The van der Waals surface area contributed by atoms with E-state index in [0.29, 0.717) is 6.54 Å². The highest BCUT2D eigenvalue weighted by molar-refractivity contribution is 5.68. The summed E-state index contributed by atoms with van der Waals surface area (Å²) < 4.78 is 5.19. The Morgan fingerprint density at radius 1 is 1.42 bits per heavy atom. The molecule has 1 aliphatic heterocycles. The molecule has 0 aromatic heterocycles. The smallest absolute Gasteiger partial charge is 0.410 e. The van der Waals surface area contributed by atoms with Gasteiger partial charge in [0.15, 0.2) is 0 Å². The number of nitrogens with one attached hydrogen (secondary N) is 1. The molecule has 1 saturated heterocycles. The van der Waals surface area contributed by atoms with Crippen LogP contribution in [-0.2, 0) is 16.2 Å². The van der Waals surface area contributed by atoms with E-state index in [4.69, 9.17) is 9.57 Å². The Morgan fingerprint density at radius 3 is 2.84 bits per heavy atom. The number of benzene rings is 1. The molecule has 1 aromatic carbocycles. The first-order valence-electron chi connectivity index (χ1n) is 6.13. The second-order valence-corrected chi connectivity index (χ2v) is 4.44. The Labute approximate surface area is 111 Å². The van der Waals surface area contributed by atoms with Crippen molar-refractivity contribution in [2.75, 3.05) is 20.2 Å². The van der Waals surface area contributed by atoms with Gasteiger partial charge in [-0.2, -0.15) is 5.48 Å². The van der Waals surface area contributed by atoms with Crippen LogP contribution in [0.1, 0.15) is 5.56 Å². The van der Waals surface area contributed by atoms with Crippen LogP contribution in [-0.4, -0.2) is 48.4 Å². The molecule has 1 heterocycles. The van der Waals surface area contributed by atoms with E-state index in [2.05, 4.69) is 5.48 Å². The fraction of sp³-hybridized carbons (Fsp3) is 0.462. The maximum Gasteiger partial charge on any atom is 0.410 e. The number of carbonyl (C=O) groups excluding carboxylic acids is 1. The number of amides is 1. The number of aliphatic hydroxyl groups is 1. The van der Waals surface area contributed by atoms with Crippen molar-refractivity contribution in [2.24, 2.45) is 0 Å². The Bertz CT molecular complexity index is 412. The number of hydrogen-bond donors (Lipinski definition) is 2. The molecule has 2 N–H and O–H groups in total. The molecule has 1 fully saturated rings. The number of hydrogen-bond acceptors (Lipinski definition) is 5. The number of hydroxylamine groups is 1. The maximum absolute atomic E-state index is 11.8. The standard InChI is InChI=1S/C13H18N2O4/c1-18-14-11-7-15(8-12(11)16)13(17)19-9-10-5-3-2-4-6-10/h2-6,11-12,14,16H,7-9H2,1H3/t11-,12+/m1/s1. The zero-order valence-corrected chi connectivity index (χ0v) is 10.8. The Balaban J connectivity index is 1.81. The van der Waals surface area contributed by atoms with Gasteiger partial charge in [0, 0.05) is 6.54 Å². The molecule has 1 aliphatic rings. The van der Waals surface area contributed by atoms with Crippen LogP contribution in [0.25, 0.3) is 0 Å². The van der Waals surface area contributed by atoms with E-state index < -0.39 is 12.2 Å². The molecule has 19 heavy (non-hydrogen) atoms. The van der Waals surface area contributed by atoms with E-state index in [0.717, 1.165) is 5.56 Å². The van der Waals surface area contributed by atoms with Crippen LogP contribution < -0.4 is 5.48 Å². The third-order valence-electron chi connectivity index (χ3n) is 3.02. The molecule has 0 spiro atoms. The topological polar surface area (TPSA) is 71.0 Å². The lowest BCUT2D eigenvalue weighted by atomic mass is 10.2. The van der Waals surface area contributed by atoms with Gasteiger partial charge in [0.2, 0.25) is 0 Å². The molecule has 0 bridgehead atoms. The van der Waals surface area contributed by atoms with Gasteiger partial charge in [-0.1, -0.05) is 30.3 Å². The Hall–Kier alpha value is -1.63. The molecule has 6 nitrogen and oxygen atoms in total. The molecule has 2 rings (SSSR count). The van der Waals surface area contributed by atoms with E-state index in [1.54, 1.807) is 0 Å². The molecular formula is C13H18N2O4. The van der Waals surface area contributed by atoms with Crippen molar-refractivity contribution in [1.82, 2.24) is 10.4 Å². The van der Waals surface area contributed by atoms with Gasteiger partial charge in [0.25, 0.3) is 0 Å². The van der Waals surface area contributed by atoms with Crippen molar-refractivity contribution in [3.05, 3.63) is 35.9 Å². The highest BCUT2D eigenvalue weighted by Crippen LogP contribution is 2.12. The van der Waals surface area contributed by atoms with Crippen LogP contribution in [0.3, 0.4) is 0 Å². The maximum atomic E-state index is 11.8. The fourth-order valence-corrected chi connectivity index (χ4v) is 2.01. The third kappa shape index (κ3) is 3.66. The molecule has 0 aliphatic carbocycles. The van der Waals surface area contributed by atoms with Crippen molar-refractivity contribution in [2.45, 2.75) is 18.8 Å². The minimum atomic E-state index is -0.649. The molecular weight excluding hydrogens is 248 g/mol. The lowest BCUT2D eigenvalue weighted by Gasteiger charge is -2.16. The first-order chi connectivity index (χ1) is 9.20. The van der Waals surface area contributed by atoms with E-state index in [9.17, 15) is 9.90 Å². The summed E-state index contributed by atoms with van der Waals surface area (Å²) in [6, 6.07) is 9.18. The minimum Gasteiger partial charge on any atom is -0.445 e. The molecule has 6 heteroatoms. The quantitative estimate of drug-likeness (QED) is 0.777. The van der Waals surface area contributed by atoms with Crippen molar-refractivity contribution in [3.63, 3.8) is 0 Å². The number of ether oxygens (including phenoxy) is 1. The summed E-state index contributed by atoms with van der Waals surface area (Å²) in [7, 11) is 1.48. The van der Waals surface area contributed by atoms with Crippen LogP contribution in [0.2, 0.25) is 0 Å². The summed E-state index contributed by atoms with van der Waals surface area (Å²) in [5.41, 5.74) is 3.59. The molecule has 0 saturated carbocycles.